The highest BCUT2D eigenvalue weighted by Crippen LogP contribution is 2.33. The highest BCUT2D eigenvalue weighted by Gasteiger charge is 2.16. The number of aromatic amines is 2. The number of rotatable bonds is 1. The van der Waals surface area contributed by atoms with Crippen molar-refractivity contribution in [3.05, 3.63) is 51.9 Å². The Morgan fingerprint density at radius 2 is 2.00 bits per heavy atom. The van der Waals surface area contributed by atoms with Crippen LogP contribution < -0.4 is 11.3 Å². The third-order valence-electron chi connectivity index (χ3n) is 3.33. The fourth-order valence-electron chi connectivity index (χ4n) is 2.51. The summed E-state index contributed by atoms with van der Waals surface area (Å²) in [4.78, 5) is 17.6. The van der Waals surface area contributed by atoms with Crippen molar-refractivity contribution in [2.45, 2.75) is 6.92 Å². The molecule has 1 aromatic carbocycles. The summed E-state index contributed by atoms with van der Waals surface area (Å²) in [6.45, 7) is 1.91. The van der Waals surface area contributed by atoms with E-state index < -0.39 is 5.56 Å². The van der Waals surface area contributed by atoms with E-state index in [0.717, 1.165) is 22.2 Å². The number of hydrogen-bond donors (Lipinski definition) is 3. The Labute approximate surface area is 114 Å². The molecule has 5 nitrogen and oxygen atoms in total. The molecule has 3 rings (SSSR count). The molecule has 0 fully saturated rings. The minimum atomic E-state index is -0.466. The van der Waals surface area contributed by atoms with E-state index >= 15 is 0 Å². The number of anilines is 1. The van der Waals surface area contributed by atoms with E-state index in [0.29, 0.717) is 5.56 Å². The molecule has 0 saturated heterocycles. The first-order valence-electron chi connectivity index (χ1n) is 6.12. The van der Waals surface area contributed by atoms with Crippen molar-refractivity contribution in [2.75, 3.05) is 5.73 Å². The standard InChI is InChI=1S/C15H12N4O/c1-8-14(9-4-2-3-5-12(9)18-8)10-6-13(17)19-15(20)11(10)7-16/h2-6,18H,1H3,(H3,17,19,20). The number of aromatic nitrogens is 2. The molecule has 98 valence electrons. The summed E-state index contributed by atoms with van der Waals surface area (Å²) < 4.78 is 0. The topological polar surface area (TPSA) is 98.5 Å². The molecule has 5 heteroatoms. The molecule has 4 N–H and O–H groups in total. The summed E-state index contributed by atoms with van der Waals surface area (Å²) >= 11 is 0. The lowest BCUT2D eigenvalue weighted by molar-refractivity contribution is 1.22. The van der Waals surface area contributed by atoms with Crippen LogP contribution in [0.2, 0.25) is 0 Å². The highest BCUT2D eigenvalue weighted by molar-refractivity contribution is 5.98. The second-order valence-electron chi connectivity index (χ2n) is 4.62. The van der Waals surface area contributed by atoms with E-state index in [1.54, 1.807) is 6.07 Å². The molecular weight excluding hydrogens is 252 g/mol. The predicted molar refractivity (Wildman–Crippen MR) is 78.2 cm³/mol. The number of fused-ring (bicyclic) bond motifs is 1. The largest absolute Gasteiger partial charge is 0.385 e. The van der Waals surface area contributed by atoms with E-state index in [9.17, 15) is 10.1 Å². The van der Waals surface area contributed by atoms with Gasteiger partial charge in [0.1, 0.15) is 17.5 Å². The molecule has 20 heavy (non-hydrogen) atoms. The van der Waals surface area contributed by atoms with Gasteiger partial charge in [0.25, 0.3) is 5.56 Å². The zero-order chi connectivity index (χ0) is 14.3. The van der Waals surface area contributed by atoms with Crippen LogP contribution in [0.3, 0.4) is 0 Å². The maximum Gasteiger partial charge on any atom is 0.268 e. The molecule has 0 radical (unpaired) electrons. The van der Waals surface area contributed by atoms with Crippen LogP contribution >= 0.6 is 0 Å². The van der Waals surface area contributed by atoms with Crippen LogP contribution in [0.4, 0.5) is 5.82 Å². The van der Waals surface area contributed by atoms with Crippen LogP contribution in [0.25, 0.3) is 22.0 Å². The monoisotopic (exact) mass is 264 g/mol. The van der Waals surface area contributed by atoms with Gasteiger partial charge in [0.15, 0.2) is 0 Å². The van der Waals surface area contributed by atoms with E-state index in [1.807, 2.05) is 37.3 Å². The lowest BCUT2D eigenvalue weighted by Gasteiger charge is -2.05. The van der Waals surface area contributed by atoms with Crippen LogP contribution in [0, 0.1) is 18.3 Å². The van der Waals surface area contributed by atoms with Crippen LogP contribution in [-0.2, 0) is 0 Å². The molecule has 2 heterocycles. The highest BCUT2D eigenvalue weighted by atomic mass is 16.1. The number of nitrogens with two attached hydrogens (primary N) is 1. The zero-order valence-electron chi connectivity index (χ0n) is 10.8. The summed E-state index contributed by atoms with van der Waals surface area (Å²) in [5.41, 5.74) is 8.58. The molecule has 3 aromatic rings. The number of benzene rings is 1. The fourth-order valence-corrected chi connectivity index (χ4v) is 2.51. The Morgan fingerprint density at radius 1 is 1.25 bits per heavy atom. The van der Waals surface area contributed by atoms with Crippen molar-refractivity contribution in [3.63, 3.8) is 0 Å². The van der Waals surface area contributed by atoms with Gasteiger partial charge in [0.05, 0.1) is 0 Å². The van der Waals surface area contributed by atoms with Crippen molar-refractivity contribution in [2.24, 2.45) is 0 Å². The van der Waals surface area contributed by atoms with Crippen molar-refractivity contribution in [1.29, 1.82) is 5.26 Å². The summed E-state index contributed by atoms with van der Waals surface area (Å²) in [6.07, 6.45) is 0. The quantitative estimate of drug-likeness (QED) is 0.628. The fraction of sp³-hybridized carbons (Fsp3) is 0.0667. The van der Waals surface area contributed by atoms with Gasteiger partial charge in [-0.15, -0.1) is 0 Å². The summed E-state index contributed by atoms with van der Waals surface area (Å²) in [5.74, 6) is 0.244. The molecule has 0 amide bonds. The normalized spacial score (nSPS) is 10.6. The van der Waals surface area contributed by atoms with Crippen LogP contribution in [-0.4, -0.2) is 9.97 Å². The lowest BCUT2D eigenvalue weighted by Crippen LogP contribution is -2.13. The Balaban J connectivity index is 2.46. The Bertz CT molecular complexity index is 912. The van der Waals surface area contributed by atoms with E-state index in [-0.39, 0.29) is 11.4 Å². The SMILES string of the molecule is Cc1[nH]c2ccccc2c1-c1cc(N)[nH]c(=O)c1C#N. The molecule has 0 unspecified atom stereocenters. The molecule has 0 aliphatic heterocycles. The van der Waals surface area contributed by atoms with E-state index in [4.69, 9.17) is 5.73 Å². The van der Waals surface area contributed by atoms with Gasteiger partial charge in [-0.3, -0.25) is 4.79 Å². The number of aryl methyl sites for hydroxylation is 1. The van der Waals surface area contributed by atoms with Gasteiger partial charge in [0.2, 0.25) is 0 Å². The number of para-hydroxylation sites is 1. The van der Waals surface area contributed by atoms with Crippen molar-refractivity contribution in [3.8, 4) is 17.2 Å². The maximum atomic E-state index is 11.9. The molecule has 0 saturated carbocycles. The second-order valence-corrected chi connectivity index (χ2v) is 4.62. The summed E-state index contributed by atoms with van der Waals surface area (Å²) in [7, 11) is 0. The molecule has 2 aromatic heterocycles. The molecular formula is C15H12N4O. The first-order chi connectivity index (χ1) is 9.61. The molecule has 0 bridgehead atoms. The Morgan fingerprint density at radius 3 is 2.75 bits per heavy atom. The van der Waals surface area contributed by atoms with Gasteiger partial charge in [-0.25, -0.2) is 0 Å². The number of nitrogens with one attached hydrogen (secondary N) is 2. The predicted octanol–water partition coefficient (Wildman–Crippen LogP) is 2.29. The van der Waals surface area contributed by atoms with Gasteiger partial charge in [0, 0.05) is 27.7 Å². The first kappa shape index (κ1) is 12.1. The van der Waals surface area contributed by atoms with Gasteiger partial charge < -0.3 is 15.7 Å². The minimum Gasteiger partial charge on any atom is -0.385 e. The van der Waals surface area contributed by atoms with E-state index in [1.165, 1.54) is 0 Å². The molecule has 0 aliphatic carbocycles. The van der Waals surface area contributed by atoms with Crippen molar-refractivity contribution >= 4 is 16.7 Å². The number of pyridine rings is 1. The molecule has 0 aliphatic rings. The third-order valence-corrected chi connectivity index (χ3v) is 3.33. The van der Waals surface area contributed by atoms with Gasteiger partial charge in [-0.2, -0.15) is 5.26 Å². The smallest absolute Gasteiger partial charge is 0.268 e. The summed E-state index contributed by atoms with van der Waals surface area (Å²) in [6, 6.07) is 11.3. The maximum absolute atomic E-state index is 11.9. The molecule has 0 spiro atoms. The van der Waals surface area contributed by atoms with E-state index in [2.05, 4.69) is 9.97 Å². The lowest BCUT2D eigenvalue weighted by atomic mass is 9.99. The number of nitrogen functional groups attached to an aromatic ring is 1. The third kappa shape index (κ3) is 1.67. The second kappa shape index (κ2) is 4.28. The average molecular weight is 264 g/mol. The minimum absolute atomic E-state index is 0.0760. The van der Waals surface area contributed by atoms with Gasteiger partial charge in [-0.05, 0) is 19.1 Å². The van der Waals surface area contributed by atoms with Gasteiger partial charge >= 0.3 is 0 Å². The van der Waals surface area contributed by atoms with Gasteiger partial charge in [-0.1, -0.05) is 18.2 Å². The number of H-pyrrole nitrogens is 2. The average Bonchev–Trinajstić information content (AvgIpc) is 2.73. The van der Waals surface area contributed by atoms with Crippen LogP contribution in [0.15, 0.2) is 35.1 Å². The Hall–Kier alpha value is -3.00. The molecule has 0 atom stereocenters. The van der Waals surface area contributed by atoms with Crippen LogP contribution in [0.1, 0.15) is 11.3 Å². The van der Waals surface area contributed by atoms with Crippen molar-refractivity contribution in [1.82, 2.24) is 9.97 Å². The number of nitrogens with zero attached hydrogens (tertiary/aromatic N) is 1. The Kier molecular flexibility index (Phi) is 2.58. The summed E-state index contributed by atoms with van der Waals surface area (Å²) in [5, 5.41) is 10.2. The number of nitriles is 1. The zero-order valence-corrected chi connectivity index (χ0v) is 10.8. The number of hydrogen-bond acceptors (Lipinski definition) is 3. The van der Waals surface area contributed by atoms with Crippen molar-refractivity contribution < 1.29 is 0 Å². The van der Waals surface area contributed by atoms with Crippen LogP contribution in [0.5, 0.6) is 0 Å². The first-order valence-corrected chi connectivity index (χ1v) is 6.12.